The fourth-order valence-corrected chi connectivity index (χ4v) is 2.95. The first-order valence-electron chi connectivity index (χ1n) is 7.43. The van der Waals surface area contributed by atoms with Gasteiger partial charge in [0.25, 0.3) is 0 Å². The van der Waals surface area contributed by atoms with Crippen LogP contribution in [-0.4, -0.2) is 37.2 Å². The molecule has 1 aliphatic carbocycles. The van der Waals surface area contributed by atoms with Crippen LogP contribution < -0.4 is 10.6 Å². The predicted octanol–water partition coefficient (Wildman–Crippen LogP) is 2.48. The minimum atomic E-state index is 0.369. The van der Waals surface area contributed by atoms with E-state index in [1.165, 1.54) is 24.0 Å². The smallest absolute Gasteiger partial charge is 0.166 e. The maximum absolute atomic E-state index is 5.41. The summed E-state index contributed by atoms with van der Waals surface area (Å²) in [5, 5.41) is 7.56. The van der Waals surface area contributed by atoms with E-state index in [1.807, 2.05) is 0 Å². The van der Waals surface area contributed by atoms with E-state index in [0.29, 0.717) is 6.04 Å². The summed E-state index contributed by atoms with van der Waals surface area (Å²) in [5.41, 5.74) is 2.88. The highest BCUT2D eigenvalue weighted by Crippen LogP contribution is 2.29. The molecule has 0 radical (unpaired) electrons. The zero-order valence-corrected chi connectivity index (χ0v) is 13.3. The number of nitrogens with zero attached hydrogens (tertiary/aromatic N) is 1. The first kappa shape index (κ1) is 15.3. The van der Waals surface area contributed by atoms with Gasteiger partial charge in [-0.15, -0.1) is 0 Å². The number of hydrogen-bond acceptors (Lipinski definition) is 2. The van der Waals surface area contributed by atoms with Crippen molar-refractivity contribution in [3.05, 3.63) is 35.4 Å². The molecule has 20 heavy (non-hydrogen) atoms. The lowest BCUT2D eigenvalue weighted by molar-refractivity contribution is 0.399. The molecule has 0 amide bonds. The zero-order valence-electron chi connectivity index (χ0n) is 12.5. The Labute approximate surface area is 127 Å². The minimum absolute atomic E-state index is 0.369. The normalized spacial score (nSPS) is 17.6. The third kappa shape index (κ3) is 4.46. The maximum Gasteiger partial charge on any atom is 0.166 e. The third-order valence-corrected chi connectivity index (χ3v) is 4.00. The lowest BCUT2D eigenvalue weighted by Crippen LogP contribution is -2.39. The molecule has 1 atom stereocenters. The summed E-state index contributed by atoms with van der Waals surface area (Å²) in [7, 11) is 4.19. The summed E-state index contributed by atoms with van der Waals surface area (Å²) < 4.78 is 0. The van der Waals surface area contributed by atoms with Crippen molar-refractivity contribution in [2.45, 2.75) is 31.7 Å². The second kappa shape index (κ2) is 7.60. The number of nitrogens with one attached hydrogen (secondary N) is 2. The van der Waals surface area contributed by atoms with Crippen LogP contribution in [0.25, 0.3) is 0 Å². The molecule has 0 spiro atoms. The van der Waals surface area contributed by atoms with Gasteiger partial charge in [0.2, 0.25) is 0 Å². The Hall–Kier alpha value is -1.13. The van der Waals surface area contributed by atoms with Crippen molar-refractivity contribution < 1.29 is 0 Å². The van der Waals surface area contributed by atoms with Gasteiger partial charge >= 0.3 is 0 Å². The van der Waals surface area contributed by atoms with Crippen LogP contribution in [0.1, 0.15) is 36.4 Å². The molecule has 2 N–H and O–H groups in total. The number of hydrogen-bond donors (Lipinski definition) is 2. The van der Waals surface area contributed by atoms with E-state index in [9.17, 15) is 0 Å². The van der Waals surface area contributed by atoms with E-state index in [0.717, 1.165) is 31.0 Å². The molecule has 1 aliphatic rings. The molecular weight excluding hydrogens is 266 g/mol. The van der Waals surface area contributed by atoms with Crippen molar-refractivity contribution >= 4 is 17.3 Å². The molecule has 3 nitrogen and oxygen atoms in total. The highest BCUT2D eigenvalue weighted by atomic mass is 32.1. The standard InChI is InChI=1S/C16H25N3S/c1-19(2)12-6-11-17-16(20)18-15-10-5-8-13-7-3-4-9-14(13)15/h3-4,7,9,15H,5-6,8,10-12H2,1-2H3,(H2,17,18,20)/t15-/m1/s1. The largest absolute Gasteiger partial charge is 0.363 e. The van der Waals surface area contributed by atoms with Crippen LogP contribution in [0.3, 0.4) is 0 Å². The van der Waals surface area contributed by atoms with E-state index in [2.05, 4.69) is 53.9 Å². The lowest BCUT2D eigenvalue weighted by Gasteiger charge is -2.27. The van der Waals surface area contributed by atoms with Gasteiger partial charge in [0.1, 0.15) is 0 Å². The summed E-state index contributed by atoms with van der Waals surface area (Å²) in [4.78, 5) is 2.19. The van der Waals surface area contributed by atoms with Crippen molar-refractivity contribution in [2.24, 2.45) is 0 Å². The summed E-state index contributed by atoms with van der Waals surface area (Å²) >= 11 is 5.41. The number of thiocarbonyl (C=S) groups is 1. The summed E-state index contributed by atoms with van der Waals surface area (Å²) in [5.74, 6) is 0. The molecule has 1 aromatic rings. The van der Waals surface area contributed by atoms with E-state index in [4.69, 9.17) is 12.2 Å². The number of aryl methyl sites for hydroxylation is 1. The van der Waals surface area contributed by atoms with Gasteiger partial charge in [-0.2, -0.15) is 0 Å². The van der Waals surface area contributed by atoms with Crippen molar-refractivity contribution in [3.8, 4) is 0 Å². The topological polar surface area (TPSA) is 27.3 Å². The van der Waals surface area contributed by atoms with Crippen LogP contribution in [0.5, 0.6) is 0 Å². The molecular formula is C16H25N3S. The van der Waals surface area contributed by atoms with Crippen LogP contribution in [0, 0.1) is 0 Å². The molecule has 0 aliphatic heterocycles. The van der Waals surface area contributed by atoms with Crippen LogP contribution in [0.4, 0.5) is 0 Å². The van der Waals surface area contributed by atoms with Gasteiger partial charge in [0.05, 0.1) is 6.04 Å². The fourth-order valence-electron chi connectivity index (χ4n) is 2.71. The number of fused-ring (bicyclic) bond motifs is 1. The highest BCUT2D eigenvalue weighted by Gasteiger charge is 2.19. The number of rotatable bonds is 5. The zero-order chi connectivity index (χ0) is 14.4. The third-order valence-electron chi connectivity index (χ3n) is 3.74. The van der Waals surface area contributed by atoms with E-state index >= 15 is 0 Å². The minimum Gasteiger partial charge on any atom is -0.363 e. The summed E-state index contributed by atoms with van der Waals surface area (Å²) in [6, 6.07) is 9.07. The van der Waals surface area contributed by atoms with Gasteiger partial charge in [-0.1, -0.05) is 24.3 Å². The molecule has 110 valence electrons. The molecule has 0 aromatic heterocycles. The SMILES string of the molecule is CN(C)CCCNC(=S)N[C@@H]1CCCc2ccccc21. The van der Waals surface area contributed by atoms with E-state index < -0.39 is 0 Å². The molecule has 2 rings (SSSR count). The first-order valence-corrected chi connectivity index (χ1v) is 7.84. The van der Waals surface area contributed by atoms with Gasteiger partial charge in [-0.25, -0.2) is 0 Å². The van der Waals surface area contributed by atoms with Crippen LogP contribution in [-0.2, 0) is 6.42 Å². The Balaban J connectivity index is 1.80. The van der Waals surface area contributed by atoms with Crippen molar-refractivity contribution in [2.75, 3.05) is 27.2 Å². The fraction of sp³-hybridized carbons (Fsp3) is 0.562. The summed E-state index contributed by atoms with van der Waals surface area (Å²) in [6.07, 6.45) is 4.70. The highest BCUT2D eigenvalue weighted by molar-refractivity contribution is 7.80. The molecule has 1 aromatic carbocycles. The molecule has 0 unspecified atom stereocenters. The maximum atomic E-state index is 5.41. The molecule has 4 heteroatoms. The van der Waals surface area contributed by atoms with Gasteiger partial charge in [-0.3, -0.25) is 0 Å². The van der Waals surface area contributed by atoms with Crippen molar-refractivity contribution in [3.63, 3.8) is 0 Å². The second-order valence-electron chi connectivity index (χ2n) is 5.70. The molecule has 0 fully saturated rings. The first-order chi connectivity index (χ1) is 9.66. The Kier molecular flexibility index (Phi) is 5.80. The van der Waals surface area contributed by atoms with E-state index in [1.54, 1.807) is 0 Å². The quantitative estimate of drug-likeness (QED) is 0.644. The lowest BCUT2D eigenvalue weighted by atomic mass is 9.88. The Morgan fingerprint density at radius 3 is 2.95 bits per heavy atom. The molecule has 0 bridgehead atoms. The van der Waals surface area contributed by atoms with Crippen LogP contribution in [0.15, 0.2) is 24.3 Å². The Morgan fingerprint density at radius 2 is 2.15 bits per heavy atom. The average molecular weight is 291 g/mol. The van der Waals surface area contributed by atoms with Gasteiger partial charge in [0.15, 0.2) is 5.11 Å². The second-order valence-corrected chi connectivity index (χ2v) is 6.11. The van der Waals surface area contributed by atoms with Crippen LogP contribution in [0.2, 0.25) is 0 Å². The molecule has 0 heterocycles. The predicted molar refractivity (Wildman–Crippen MR) is 89.0 cm³/mol. The number of benzene rings is 1. The van der Waals surface area contributed by atoms with Gasteiger partial charge in [0, 0.05) is 6.54 Å². The summed E-state index contributed by atoms with van der Waals surface area (Å²) in [6.45, 7) is 2.01. The van der Waals surface area contributed by atoms with Crippen LogP contribution >= 0.6 is 12.2 Å². The van der Waals surface area contributed by atoms with E-state index in [-0.39, 0.29) is 0 Å². The van der Waals surface area contributed by atoms with Crippen molar-refractivity contribution in [1.82, 2.24) is 15.5 Å². The molecule has 0 saturated carbocycles. The van der Waals surface area contributed by atoms with Crippen molar-refractivity contribution in [1.29, 1.82) is 0 Å². The molecule has 0 saturated heterocycles. The Bertz CT molecular complexity index is 445. The Morgan fingerprint density at radius 1 is 1.35 bits per heavy atom. The monoisotopic (exact) mass is 291 g/mol. The average Bonchev–Trinajstić information content (AvgIpc) is 2.44. The van der Waals surface area contributed by atoms with Gasteiger partial charge < -0.3 is 15.5 Å². The van der Waals surface area contributed by atoms with Gasteiger partial charge in [-0.05, 0) is 69.7 Å².